The molecule has 0 bridgehead atoms. The van der Waals surface area contributed by atoms with E-state index in [4.69, 9.17) is 17.3 Å². The van der Waals surface area contributed by atoms with E-state index in [-0.39, 0.29) is 23.9 Å². The van der Waals surface area contributed by atoms with Crippen LogP contribution in [0.25, 0.3) is 0 Å². The quantitative estimate of drug-likeness (QED) is 0.784. The monoisotopic (exact) mass is 406 g/mol. The molecule has 0 unspecified atom stereocenters. The predicted octanol–water partition coefficient (Wildman–Crippen LogP) is 3.57. The van der Waals surface area contributed by atoms with Crippen LogP contribution in [0, 0.1) is 5.92 Å². The van der Waals surface area contributed by atoms with E-state index < -0.39 is 10.0 Å². The van der Waals surface area contributed by atoms with Gasteiger partial charge in [-0.3, -0.25) is 0 Å². The first-order chi connectivity index (χ1) is 11.3. The molecule has 25 heavy (non-hydrogen) atoms. The lowest BCUT2D eigenvalue weighted by Gasteiger charge is -2.43. The Balaban J connectivity index is 0.00000225. The number of nitrogens with zero attached hydrogens (tertiary/aromatic N) is 1. The zero-order chi connectivity index (χ0) is 17.4. The lowest BCUT2D eigenvalue weighted by Crippen LogP contribution is -2.47. The molecule has 0 radical (unpaired) electrons. The van der Waals surface area contributed by atoms with Gasteiger partial charge in [0.25, 0.3) is 0 Å². The molecule has 2 N–H and O–H groups in total. The lowest BCUT2D eigenvalue weighted by molar-refractivity contribution is 0.189. The van der Waals surface area contributed by atoms with Crippen molar-refractivity contribution in [2.45, 2.75) is 50.0 Å². The van der Waals surface area contributed by atoms with Gasteiger partial charge in [0.15, 0.2) is 0 Å². The largest absolute Gasteiger partial charge is 0.330 e. The van der Waals surface area contributed by atoms with E-state index >= 15 is 0 Å². The Morgan fingerprint density at radius 3 is 2.36 bits per heavy atom. The maximum absolute atomic E-state index is 12.2. The summed E-state index contributed by atoms with van der Waals surface area (Å²) in [5, 5.41) is 0.731. The molecule has 2 aliphatic rings. The summed E-state index contributed by atoms with van der Waals surface area (Å²) in [6, 6.07) is 8.06. The van der Waals surface area contributed by atoms with Crippen LogP contribution in [-0.2, 0) is 15.4 Å². The van der Waals surface area contributed by atoms with Gasteiger partial charge in [-0.15, -0.1) is 12.4 Å². The third kappa shape index (κ3) is 4.89. The maximum Gasteiger partial charge on any atom is 0.211 e. The third-order valence-electron chi connectivity index (χ3n) is 5.71. The zero-order valence-electron chi connectivity index (χ0n) is 14.7. The predicted molar refractivity (Wildman–Crippen MR) is 106 cm³/mol. The molecule has 1 aromatic rings. The van der Waals surface area contributed by atoms with E-state index in [1.165, 1.54) is 11.8 Å². The smallest absolute Gasteiger partial charge is 0.211 e. The molecule has 1 aromatic carbocycles. The summed E-state index contributed by atoms with van der Waals surface area (Å²) >= 11 is 6.16. The van der Waals surface area contributed by atoms with Crippen LogP contribution in [0.4, 0.5) is 0 Å². The van der Waals surface area contributed by atoms with Gasteiger partial charge in [0.1, 0.15) is 0 Å². The van der Waals surface area contributed by atoms with Crippen LogP contribution < -0.4 is 5.73 Å². The van der Waals surface area contributed by atoms with Crippen LogP contribution in [0.5, 0.6) is 0 Å². The van der Waals surface area contributed by atoms with E-state index in [0.717, 1.165) is 43.5 Å². The molecule has 4 nitrogen and oxygen atoms in total. The normalized spacial score (nSPS) is 27.1. The minimum Gasteiger partial charge on any atom is -0.330 e. The first kappa shape index (κ1) is 21.0. The van der Waals surface area contributed by atoms with Crippen molar-refractivity contribution in [3.05, 3.63) is 34.9 Å². The van der Waals surface area contributed by atoms with Crippen LogP contribution >= 0.6 is 24.0 Å². The Morgan fingerprint density at radius 1 is 1.24 bits per heavy atom. The molecule has 142 valence electrons. The molecular formula is C18H28Cl2N2O2S. The minimum absolute atomic E-state index is 0. The Hall–Kier alpha value is -0.330. The van der Waals surface area contributed by atoms with Gasteiger partial charge in [0, 0.05) is 29.6 Å². The lowest BCUT2D eigenvalue weighted by atomic mass is 9.68. The Labute approximate surface area is 162 Å². The van der Waals surface area contributed by atoms with Gasteiger partial charge in [-0.05, 0) is 62.1 Å². The summed E-state index contributed by atoms with van der Waals surface area (Å²) in [4.78, 5) is 0. The fraction of sp³-hybridized carbons (Fsp3) is 0.667. The van der Waals surface area contributed by atoms with Crippen molar-refractivity contribution in [1.29, 1.82) is 0 Å². The summed E-state index contributed by atoms with van der Waals surface area (Å²) in [7, 11) is -3.15. The SMILES string of the molecule is CS(=O)(=O)N(CC1CC1)[C@H]1CC[C@](CN)(c2cccc(Cl)c2)CC1.Cl. The molecule has 0 spiro atoms. The van der Waals surface area contributed by atoms with Gasteiger partial charge < -0.3 is 5.73 Å². The van der Waals surface area contributed by atoms with Gasteiger partial charge in [-0.1, -0.05) is 23.7 Å². The first-order valence-corrected chi connectivity index (χ1v) is 11.0. The average Bonchev–Trinajstić information content (AvgIpc) is 3.36. The molecule has 0 heterocycles. The Kier molecular flexibility index (Phi) is 6.83. The van der Waals surface area contributed by atoms with Crippen molar-refractivity contribution in [3.8, 4) is 0 Å². The molecule has 0 aromatic heterocycles. The van der Waals surface area contributed by atoms with Crippen molar-refractivity contribution in [1.82, 2.24) is 4.31 Å². The first-order valence-electron chi connectivity index (χ1n) is 8.77. The van der Waals surface area contributed by atoms with Crippen LogP contribution in [0.1, 0.15) is 44.1 Å². The van der Waals surface area contributed by atoms with Crippen molar-refractivity contribution < 1.29 is 8.42 Å². The number of hydrogen-bond acceptors (Lipinski definition) is 3. The molecule has 2 aliphatic carbocycles. The van der Waals surface area contributed by atoms with E-state index in [1.807, 2.05) is 18.2 Å². The number of sulfonamides is 1. The highest BCUT2D eigenvalue weighted by Gasteiger charge is 2.40. The topological polar surface area (TPSA) is 63.4 Å². The summed E-state index contributed by atoms with van der Waals surface area (Å²) in [6.07, 6.45) is 7.21. The highest BCUT2D eigenvalue weighted by atomic mass is 35.5. The van der Waals surface area contributed by atoms with Crippen LogP contribution in [0.15, 0.2) is 24.3 Å². The van der Waals surface area contributed by atoms with Crippen molar-refractivity contribution >= 4 is 34.0 Å². The molecule has 2 saturated carbocycles. The molecule has 0 saturated heterocycles. The van der Waals surface area contributed by atoms with Gasteiger partial charge in [-0.25, -0.2) is 8.42 Å². The van der Waals surface area contributed by atoms with E-state index in [0.29, 0.717) is 19.0 Å². The third-order valence-corrected chi connectivity index (χ3v) is 7.24. The van der Waals surface area contributed by atoms with Crippen LogP contribution in [0.3, 0.4) is 0 Å². The number of hydrogen-bond donors (Lipinski definition) is 1. The molecule has 0 aliphatic heterocycles. The van der Waals surface area contributed by atoms with E-state index in [1.54, 1.807) is 4.31 Å². The average molecular weight is 407 g/mol. The van der Waals surface area contributed by atoms with Crippen molar-refractivity contribution in [3.63, 3.8) is 0 Å². The second-order valence-corrected chi connectivity index (χ2v) is 9.87. The van der Waals surface area contributed by atoms with Gasteiger partial charge in [0.2, 0.25) is 10.0 Å². The Morgan fingerprint density at radius 2 is 1.88 bits per heavy atom. The molecular weight excluding hydrogens is 379 g/mol. The van der Waals surface area contributed by atoms with Gasteiger partial charge in [0.05, 0.1) is 6.26 Å². The summed E-state index contributed by atoms with van der Waals surface area (Å²) in [5.41, 5.74) is 7.25. The van der Waals surface area contributed by atoms with Crippen molar-refractivity contribution in [2.75, 3.05) is 19.3 Å². The minimum atomic E-state index is -3.15. The fourth-order valence-electron chi connectivity index (χ4n) is 3.98. The van der Waals surface area contributed by atoms with E-state index in [9.17, 15) is 8.42 Å². The molecule has 7 heteroatoms. The molecule has 2 fully saturated rings. The second kappa shape index (κ2) is 8.13. The summed E-state index contributed by atoms with van der Waals surface area (Å²) < 4.78 is 26.2. The van der Waals surface area contributed by atoms with Gasteiger partial charge in [-0.2, -0.15) is 4.31 Å². The number of halogens is 2. The highest BCUT2D eigenvalue weighted by molar-refractivity contribution is 7.88. The standard InChI is InChI=1S/C18H27ClN2O2S.ClH/c1-24(22,23)21(12-14-5-6-14)17-7-9-18(13-20,10-8-17)15-3-2-4-16(19)11-15;/h2-4,11,14,17H,5-10,12-13,20H2,1H3;1H/t17-,18-;. The Bertz CT molecular complexity index is 684. The summed E-state index contributed by atoms with van der Waals surface area (Å²) in [6.45, 7) is 1.26. The van der Waals surface area contributed by atoms with Crippen LogP contribution in [-0.4, -0.2) is 38.1 Å². The number of rotatable bonds is 6. The fourth-order valence-corrected chi connectivity index (χ4v) is 5.41. The molecule has 0 atom stereocenters. The zero-order valence-corrected chi connectivity index (χ0v) is 17.0. The second-order valence-electron chi connectivity index (χ2n) is 7.50. The van der Waals surface area contributed by atoms with Gasteiger partial charge >= 0.3 is 0 Å². The highest BCUT2D eigenvalue weighted by Crippen LogP contribution is 2.42. The molecule has 0 amide bonds. The van der Waals surface area contributed by atoms with Crippen LogP contribution in [0.2, 0.25) is 5.02 Å². The molecule has 3 rings (SSSR count). The van der Waals surface area contributed by atoms with Crippen molar-refractivity contribution in [2.24, 2.45) is 11.7 Å². The number of nitrogens with two attached hydrogens (primary N) is 1. The number of benzene rings is 1. The maximum atomic E-state index is 12.2. The van der Waals surface area contributed by atoms with E-state index in [2.05, 4.69) is 6.07 Å². The summed E-state index contributed by atoms with van der Waals surface area (Å²) in [5.74, 6) is 0.564.